The number of carbonyl (C=O) groups is 1. The number of esters is 1. The third-order valence-electron chi connectivity index (χ3n) is 2.10. The molecule has 1 aromatic heterocycles. The number of rotatable bonds is 4. The van der Waals surface area contributed by atoms with E-state index in [-0.39, 0.29) is 15.7 Å². The van der Waals surface area contributed by atoms with E-state index in [0.717, 1.165) is 0 Å². The third-order valence-corrected chi connectivity index (χ3v) is 3.49. The molecule has 0 saturated carbocycles. The van der Waals surface area contributed by atoms with Gasteiger partial charge in [0.05, 0.1) is 19.2 Å². The number of halogens is 4. The highest BCUT2D eigenvalue weighted by Crippen LogP contribution is 2.26. The Labute approximate surface area is 119 Å². The molecule has 3 nitrogen and oxygen atoms in total. The van der Waals surface area contributed by atoms with Gasteiger partial charge in [-0.15, -0.1) is 0 Å². The average molecular weight is 420 g/mol. The van der Waals surface area contributed by atoms with E-state index >= 15 is 0 Å². The summed E-state index contributed by atoms with van der Waals surface area (Å²) in [6, 6.07) is 1.31. The fourth-order valence-corrected chi connectivity index (χ4v) is 2.40. The van der Waals surface area contributed by atoms with Gasteiger partial charge in [0, 0.05) is 10.9 Å². The molecule has 0 aliphatic heterocycles. The van der Waals surface area contributed by atoms with Crippen LogP contribution in [0.4, 0.5) is 8.78 Å². The monoisotopic (exact) mass is 419 g/mol. The van der Waals surface area contributed by atoms with Gasteiger partial charge in [-0.2, -0.15) is 0 Å². The second-order valence-corrected chi connectivity index (χ2v) is 4.74. The van der Waals surface area contributed by atoms with Crippen LogP contribution < -0.4 is 0 Å². The molecule has 0 unspecified atom stereocenters. The van der Waals surface area contributed by atoms with Crippen LogP contribution in [0.25, 0.3) is 0 Å². The van der Waals surface area contributed by atoms with Crippen LogP contribution >= 0.6 is 38.5 Å². The maximum absolute atomic E-state index is 12.7. The van der Waals surface area contributed by atoms with Crippen LogP contribution in [0.2, 0.25) is 0 Å². The van der Waals surface area contributed by atoms with Crippen molar-refractivity contribution < 1.29 is 18.3 Å². The maximum atomic E-state index is 12.7. The lowest BCUT2D eigenvalue weighted by Gasteiger charge is -2.10. The minimum atomic E-state index is -2.60. The molecule has 0 spiro atoms. The fraction of sp³-hybridized carbons (Fsp3) is 0.400. The van der Waals surface area contributed by atoms with Crippen molar-refractivity contribution in [2.45, 2.75) is 18.2 Å². The van der Waals surface area contributed by atoms with Gasteiger partial charge < -0.3 is 4.74 Å². The van der Waals surface area contributed by atoms with Crippen molar-refractivity contribution in [2.75, 3.05) is 7.11 Å². The first kappa shape index (κ1) is 14.7. The molecule has 1 heterocycles. The SMILES string of the molecule is COC(=O)Cc1cc(C(F)F)c(I)nc1CBr. The Morgan fingerprint density at radius 2 is 2.29 bits per heavy atom. The van der Waals surface area contributed by atoms with E-state index in [4.69, 9.17) is 0 Å². The highest BCUT2D eigenvalue weighted by atomic mass is 127. The van der Waals surface area contributed by atoms with Crippen LogP contribution in [0, 0.1) is 3.70 Å². The summed E-state index contributed by atoms with van der Waals surface area (Å²) >= 11 is 4.97. The van der Waals surface area contributed by atoms with Crippen molar-refractivity contribution >= 4 is 44.5 Å². The molecule has 0 aromatic carbocycles. The molecule has 0 bridgehead atoms. The molecule has 0 N–H and O–H groups in total. The molecular formula is C10H9BrF2INO2. The maximum Gasteiger partial charge on any atom is 0.310 e. The number of alkyl halides is 3. The van der Waals surface area contributed by atoms with Gasteiger partial charge in [-0.05, 0) is 34.2 Å². The Morgan fingerprint density at radius 1 is 1.65 bits per heavy atom. The van der Waals surface area contributed by atoms with Crippen LogP contribution in [0.5, 0.6) is 0 Å². The Morgan fingerprint density at radius 3 is 2.76 bits per heavy atom. The zero-order valence-electron chi connectivity index (χ0n) is 8.84. The number of pyridine rings is 1. The number of ether oxygens (including phenoxy) is 1. The van der Waals surface area contributed by atoms with Gasteiger partial charge in [-0.3, -0.25) is 4.79 Å². The molecule has 0 amide bonds. The number of nitrogens with zero attached hydrogens (tertiary/aromatic N) is 1. The van der Waals surface area contributed by atoms with Crippen molar-refractivity contribution in [2.24, 2.45) is 0 Å². The minimum Gasteiger partial charge on any atom is -0.469 e. The first-order chi connectivity index (χ1) is 7.99. The number of hydrogen-bond donors (Lipinski definition) is 0. The van der Waals surface area contributed by atoms with Gasteiger partial charge >= 0.3 is 5.97 Å². The van der Waals surface area contributed by atoms with Crippen LogP contribution in [-0.2, 0) is 21.3 Å². The quantitative estimate of drug-likeness (QED) is 0.325. The van der Waals surface area contributed by atoms with E-state index in [1.807, 2.05) is 0 Å². The highest BCUT2D eigenvalue weighted by Gasteiger charge is 2.18. The van der Waals surface area contributed by atoms with E-state index in [0.29, 0.717) is 16.6 Å². The topological polar surface area (TPSA) is 39.2 Å². The average Bonchev–Trinajstić information content (AvgIpc) is 2.30. The zero-order chi connectivity index (χ0) is 13.0. The van der Waals surface area contributed by atoms with E-state index in [1.54, 1.807) is 22.6 Å². The van der Waals surface area contributed by atoms with E-state index in [2.05, 4.69) is 25.7 Å². The molecule has 17 heavy (non-hydrogen) atoms. The number of methoxy groups -OCH3 is 1. The summed E-state index contributed by atoms with van der Waals surface area (Å²) in [5.74, 6) is -0.476. The van der Waals surface area contributed by atoms with Gasteiger partial charge in [0.1, 0.15) is 3.70 Å². The number of carbonyl (C=O) groups excluding carboxylic acids is 1. The summed E-state index contributed by atoms with van der Waals surface area (Å²) in [5, 5.41) is 0.402. The molecular weight excluding hydrogens is 411 g/mol. The second kappa shape index (κ2) is 6.58. The normalized spacial score (nSPS) is 10.7. The molecule has 0 saturated heterocycles. The Balaban J connectivity index is 3.16. The van der Waals surface area contributed by atoms with E-state index in [1.165, 1.54) is 13.2 Å². The first-order valence-corrected chi connectivity index (χ1v) is 6.78. The largest absolute Gasteiger partial charge is 0.469 e. The predicted molar refractivity (Wildman–Crippen MR) is 70.3 cm³/mol. The molecule has 0 radical (unpaired) electrons. The van der Waals surface area contributed by atoms with Crippen molar-refractivity contribution in [1.82, 2.24) is 4.98 Å². The standard InChI is InChI=1S/C10H9BrF2INO2/c1-17-8(16)3-5-2-6(9(12)13)10(14)15-7(5)4-11/h2,9H,3-4H2,1H3. The molecule has 0 aliphatic carbocycles. The Kier molecular flexibility index (Phi) is 5.71. The number of aromatic nitrogens is 1. The third kappa shape index (κ3) is 3.84. The van der Waals surface area contributed by atoms with Gasteiger partial charge in [-0.25, -0.2) is 13.8 Å². The van der Waals surface area contributed by atoms with Gasteiger partial charge in [0.15, 0.2) is 0 Å². The van der Waals surface area contributed by atoms with Crippen LogP contribution in [0.1, 0.15) is 23.2 Å². The summed E-state index contributed by atoms with van der Waals surface area (Å²) in [4.78, 5) is 15.2. The molecule has 1 rings (SSSR count). The molecule has 94 valence electrons. The summed E-state index contributed by atoms with van der Waals surface area (Å²) < 4.78 is 30.1. The van der Waals surface area contributed by atoms with E-state index < -0.39 is 12.4 Å². The summed E-state index contributed by atoms with van der Waals surface area (Å²) in [6.07, 6.45) is -2.66. The van der Waals surface area contributed by atoms with Crippen molar-refractivity contribution in [1.29, 1.82) is 0 Å². The fourth-order valence-electron chi connectivity index (χ4n) is 1.23. The summed E-state index contributed by atoms with van der Waals surface area (Å²) in [7, 11) is 1.25. The van der Waals surface area contributed by atoms with Crippen LogP contribution in [-0.4, -0.2) is 18.1 Å². The van der Waals surface area contributed by atoms with E-state index in [9.17, 15) is 13.6 Å². The first-order valence-electron chi connectivity index (χ1n) is 4.58. The molecule has 0 atom stereocenters. The summed E-state index contributed by atoms with van der Waals surface area (Å²) in [6.45, 7) is 0. The Bertz CT molecular complexity index is 429. The minimum absolute atomic E-state index is 0.0545. The highest BCUT2D eigenvalue weighted by molar-refractivity contribution is 14.1. The van der Waals surface area contributed by atoms with Crippen LogP contribution in [0.15, 0.2) is 6.07 Å². The van der Waals surface area contributed by atoms with Crippen molar-refractivity contribution in [3.63, 3.8) is 0 Å². The second-order valence-electron chi connectivity index (χ2n) is 3.16. The lowest BCUT2D eigenvalue weighted by molar-refractivity contribution is -0.139. The van der Waals surface area contributed by atoms with Crippen molar-refractivity contribution in [3.8, 4) is 0 Å². The van der Waals surface area contributed by atoms with Gasteiger partial charge in [-0.1, -0.05) is 15.9 Å². The van der Waals surface area contributed by atoms with Crippen LogP contribution in [0.3, 0.4) is 0 Å². The smallest absolute Gasteiger partial charge is 0.310 e. The molecule has 7 heteroatoms. The predicted octanol–water partition coefficient (Wildman–Crippen LogP) is 3.23. The Hall–Kier alpha value is -0.310. The number of hydrogen-bond acceptors (Lipinski definition) is 3. The summed E-state index contributed by atoms with van der Waals surface area (Å²) in [5.41, 5.74) is 0.878. The molecule has 0 fully saturated rings. The van der Waals surface area contributed by atoms with Crippen molar-refractivity contribution in [3.05, 3.63) is 26.6 Å². The van der Waals surface area contributed by atoms with Gasteiger partial charge in [0.25, 0.3) is 6.43 Å². The molecule has 0 aliphatic rings. The zero-order valence-corrected chi connectivity index (χ0v) is 12.6. The lowest BCUT2D eigenvalue weighted by atomic mass is 10.1. The lowest BCUT2D eigenvalue weighted by Crippen LogP contribution is -2.10. The molecule has 1 aromatic rings. The van der Waals surface area contributed by atoms with Gasteiger partial charge in [0.2, 0.25) is 0 Å².